The van der Waals surface area contributed by atoms with E-state index in [0.717, 1.165) is 4.88 Å². The lowest BCUT2D eigenvalue weighted by Crippen LogP contribution is -2.17. The largest absolute Gasteiger partial charge is 0.495 e. The van der Waals surface area contributed by atoms with Crippen molar-refractivity contribution in [2.45, 2.75) is 6.04 Å². The minimum atomic E-state index is -0.386. The standard InChI is InChI=1S/C10H13N3O3S/c1-14-5-6(11)9-12-10(16-13-9)8-7(15-2)3-4-17-8/h3-4,6H,5,11H2,1-2H3. The smallest absolute Gasteiger partial charge is 0.271 e. The molecule has 7 heteroatoms. The average Bonchev–Trinajstić information content (AvgIpc) is 2.97. The molecule has 17 heavy (non-hydrogen) atoms. The second-order valence-electron chi connectivity index (χ2n) is 3.34. The molecule has 0 aliphatic carbocycles. The van der Waals surface area contributed by atoms with Crippen molar-refractivity contribution in [1.82, 2.24) is 10.1 Å². The molecular weight excluding hydrogens is 242 g/mol. The summed E-state index contributed by atoms with van der Waals surface area (Å²) >= 11 is 1.47. The van der Waals surface area contributed by atoms with Crippen LogP contribution < -0.4 is 10.5 Å². The van der Waals surface area contributed by atoms with Crippen LogP contribution in [-0.4, -0.2) is 31.0 Å². The van der Waals surface area contributed by atoms with Crippen LogP contribution in [0.2, 0.25) is 0 Å². The van der Waals surface area contributed by atoms with Crippen molar-refractivity contribution in [2.75, 3.05) is 20.8 Å². The number of nitrogens with two attached hydrogens (primary N) is 1. The molecule has 0 fully saturated rings. The first-order valence-corrected chi connectivity index (χ1v) is 5.84. The number of ether oxygens (including phenoxy) is 2. The highest BCUT2D eigenvalue weighted by molar-refractivity contribution is 7.13. The Labute approximate surface area is 102 Å². The van der Waals surface area contributed by atoms with Gasteiger partial charge in [0.15, 0.2) is 5.82 Å². The molecule has 2 aromatic heterocycles. The fourth-order valence-corrected chi connectivity index (χ4v) is 2.12. The first kappa shape index (κ1) is 12.0. The zero-order valence-electron chi connectivity index (χ0n) is 9.54. The SMILES string of the molecule is COCC(N)c1noc(-c2sccc2OC)n1. The van der Waals surface area contributed by atoms with Crippen LogP contribution in [0, 0.1) is 0 Å². The Morgan fingerprint density at radius 1 is 1.53 bits per heavy atom. The van der Waals surface area contributed by atoms with Gasteiger partial charge in [-0.15, -0.1) is 11.3 Å². The molecule has 0 aromatic carbocycles. The van der Waals surface area contributed by atoms with E-state index in [0.29, 0.717) is 24.1 Å². The highest BCUT2D eigenvalue weighted by Crippen LogP contribution is 2.34. The van der Waals surface area contributed by atoms with E-state index in [1.165, 1.54) is 11.3 Å². The summed E-state index contributed by atoms with van der Waals surface area (Å²) in [7, 11) is 3.17. The molecule has 0 spiro atoms. The monoisotopic (exact) mass is 255 g/mol. The summed E-state index contributed by atoms with van der Waals surface area (Å²) in [5.41, 5.74) is 5.80. The van der Waals surface area contributed by atoms with E-state index in [-0.39, 0.29) is 6.04 Å². The van der Waals surface area contributed by atoms with Gasteiger partial charge in [-0.25, -0.2) is 0 Å². The normalized spacial score (nSPS) is 12.6. The molecule has 0 aliphatic heterocycles. The second-order valence-corrected chi connectivity index (χ2v) is 4.25. The summed E-state index contributed by atoms with van der Waals surface area (Å²) in [6, 6.07) is 1.46. The Morgan fingerprint density at radius 3 is 3.06 bits per heavy atom. The number of nitrogens with zero attached hydrogens (tertiary/aromatic N) is 2. The number of methoxy groups -OCH3 is 2. The third-order valence-electron chi connectivity index (χ3n) is 2.16. The van der Waals surface area contributed by atoms with Gasteiger partial charge < -0.3 is 19.7 Å². The van der Waals surface area contributed by atoms with Gasteiger partial charge in [-0.3, -0.25) is 0 Å². The highest BCUT2D eigenvalue weighted by atomic mass is 32.1. The highest BCUT2D eigenvalue weighted by Gasteiger charge is 2.18. The minimum absolute atomic E-state index is 0.348. The van der Waals surface area contributed by atoms with E-state index >= 15 is 0 Å². The first-order chi connectivity index (χ1) is 8.26. The molecule has 6 nitrogen and oxygen atoms in total. The third kappa shape index (κ3) is 2.46. The predicted molar refractivity (Wildman–Crippen MR) is 63.0 cm³/mol. The Bertz CT molecular complexity index is 483. The first-order valence-electron chi connectivity index (χ1n) is 4.96. The van der Waals surface area contributed by atoms with Gasteiger partial charge >= 0.3 is 0 Å². The van der Waals surface area contributed by atoms with E-state index in [9.17, 15) is 0 Å². The summed E-state index contributed by atoms with van der Waals surface area (Å²) in [4.78, 5) is 5.03. The Hall–Kier alpha value is -1.44. The number of aromatic nitrogens is 2. The van der Waals surface area contributed by atoms with Gasteiger partial charge in [-0.1, -0.05) is 5.16 Å². The summed E-state index contributed by atoms with van der Waals surface area (Å²) in [6.07, 6.45) is 0. The predicted octanol–water partition coefficient (Wildman–Crippen LogP) is 1.45. The van der Waals surface area contributed by atoms with Gasteiger partial charge in [0.2, 0.25) is 0 Å². The Kier molecular flexibility index (Phi) is 3.72. The topological polar surface area (TPSA) is 83.4 Å². The van der Waals surface area contributed by atoms with Gasteiger partial charge in [0.25, 0.3) is 5.89 Å². The van der Waals surface area contributed by atoms with E-state index in [1.54, 1.807) is 14.2 Å². The molecule has 2 rings (SSSR count). The number of hydrogen-bond acceptors (Lipinski definition) is 7. The van der Waals surface area contributed by atoms with Gasteiger partial charge in [-0.2, -0.15) is 4.98 Å². The van der Waals surface area contributed by atoms with E-state index < -0.39 is 0 Å². The van der Waals surface area contributed by atoms with E-state index in [4.69, 9.17) is 19.7 Å². The molecule has 0 amide bonds. The van der Waals surface area contributed by atoms with Gasteiger partial charge in [0.05, 0.1) is 19.8 Å². The maximum atomic E-state index is 5.80. The molecule has 2 heterocycles. The van der Waals surface area contributed by atoms with E-state index in [1.807, 2.05) is 11.4 Å². The molecule has 2 N–H and O–H groups in total. The lowest BCUT2D eigenvalue weighted by Gasteiger charge is -2.03. The van der Waals surface area contributed by atoms with Crippen molar-refractivity contribution in [1.29, 1.82) is 0 Å². The lowest BCUT2D eigenvalue weighted by molar-refractivity contribution is 0.177. The van der Waals surface area contributed by atoms with Gasteiger partial charge in [0.1, 0.15) is 10.6 Å². The maximum absolute atomic E-state index is 5.80. The van der Waals surface area contributed by atoms with Crippen LogP contribution in [-0.2, 0) is 4.74 Å². The number of thiophene rings is 1. The molecule has 2 aromatic rings. The van der Waals surface area contributed by atoms with Crippen molar-refractivity contribution >= 4 is 11.3 Å². The van der Waals surface area contributed by atoms with Crippen LogP contribution in [0.25, 0.3) is 10.8 Å². The third-order valence-corrected chi connectivity index (χ3v) is 3.05. The molecule has 92 valence electrons. The molecule has 0 aliphatic rings. The zero-order chi connectivity index (χ0) is 12.3. The average molecular weight is 255 g/mol. The number of rotatable bonds is 5. The van der Waals surface area contributed by atoms with E-state index in [2.05, 4.69) is 10.1 Å². The van der Waals surface area contributed by atoms with Crippen molar-refractivity contribution in [2.24, 2.45) is 5.73 Å². The van der Waals surface area contributed by atoms with Crippen LogP contribution in [0.3, 0.4) is 0 Å². The molecule has 1 unspecified atom stereocenters. The van der Waals surface area contributed by atoms with Crippen molar-refractivity contribution in [3.63, 3.8) is 0 Å². The quantitative estimate of drug-likeness (QED) is 0.870. The van der Waals surface area contributed by atoms with Crippen LogP contribution in [0.15, 0.2) is 16.0 Å². The number of hydrogen-bond donors (Lipinski definition) is 1. The molecule has 0 radical (unpaired) electrons. The molecular formula is C10H13N3O3S. The maximum Gasteiger partial charge on any atom is 0.271 e. The van der Waals surface area contributed by atoms with Crippen LogP contribution in [0.4, 0.5) is 0 Å². The molecule has 0 saturated heterocycles. The second kappa shape index (κ2) is 5.26. The van der Waals surface area contributed by atoms with Crippen LogP contribution in [0.1, 0.15) is 11.9 Å². The summed E-state index contributed by atoms with van der Waals surface area (Å²) < 4.78 is 15.3. The molecule has 0 bridgehead atoms. The van der Waals surface area contributed by atoms with Gasteiger partial charge in [-0.05, 0) is 11.4 Å². The zero-order valence-corrected chi connectivity index (χ0v) is 10.4. The van der Waals surface area contributed by atoms with Crippen molar-refractivity contribution in [3.05, 3.63) is 17.3 Å². The summed E-state index contributed by atoms with van der Waals surface area (Å²) in [5.74, 6) is 1.56. The summed E-state index contributed by atoms with van der Waals surface area (Å²) in [6.45, 7) is 0.348. The summed E-state index contributed by atoms with van der Waals surface area (Å²) in [5, 5.41) is 5.72. The minimum Gasteiger partial charge on any atom is -0.495 e. The van der Waals surface area contributed by atoms with Crippen molar-refractivity contribution < 1.29 is 14.0 Å². The van der Waals surface area contributed by atoms with Gasteiger partial charge in [0, 0.05) is 7.11 Å². The fourth-order valence-electron chi connectivity index (χ4n) is 1.35. The fraction of sp³-hybridized carbons (Fsp3) is 0.400. The van der Waals surface area contributed by atoms with Crippen LogP contribution in [0.5, 0.6) is 5.75 Å². The Morgan fingerprint density at radius 2 is 2.35 bits per heavy atom. The van der Waals surface area contributed by atoms with Crippen molar-refractivity contribution in [3.8, 4) is 16.5 Å². The molecule has 0 saturated carbocycles. The lowest BCUT2D eigenvalue weighted by atomic mass is 10.3. The Balaban J connectivity index is 2.23. The van der Waals surface area contributed by atoms with Crippen LogP contribution >= 0.6 is 11.3 Å². The molecule has 1 atom stereocenters.